The zero-order valence-corrected chi connectivity index (χ0v) is 18.3. The van der Waals surface area contributed by atoms with E-state index in [1.807, 2.05) is 0 Å². The average Bonchev–Trinajstić information content (AvgIpc) is 3.01. The predicted octanol–water partition coefficient (Wildman–Crippen LogP) is 3.98. The summed E-state index contributed by atoms with van der Waals surface area (Å²) in [7, 11) is -3.10. The first-order valence-corrected chi connectivity index (χ1v) is 12.1. The number of halogens is 2. The lowest BCUT2D eigenvalue weighted by Crippen LogP contribution is -2.38. The lowest BCUT2D eigenvalue weighted by molar-refractivity contribution is 0.101. The van der Waals surface area contributed by atoms with E-state index in [-0.39, 0.29) is 27.5 Å². The van der Waals surface area contributed by atoms with E-state index in [9.17, 15) is 13.2 Å². The van der Waals surface area contributed by atoms with Gasteiger partial charge in [0.15, 0.2) is 5.78 Å². The maximum absolute atomic E-state index is 15.1. The Labute approximate surface area is 179 Å². The molecule has 1 fully saturated rings. The van der Waals surface area contributed by atoms with Gasteiger partial charge >= 0.3 is 0 Å². The molecule has 0 unspecified atom stereocenters. The largest absolute Gasteiger partial charge is 0.398 e. The van der Waals surface area contributed by atoms with Gasteiger partial charge in [-0.1, -0.05) is 11.6 Å². The second kappa shape index (κ2) is 7.20. The van der Waals surface area contributed by atoms with Crippen LogP contribution in [0, 0.1) is 5.82 Å². The van der Waals surface area contributed by atoms with Gasteiger partial charge in [0, 0.05) is 46.8 Å². The number of ketones is 1. The van der Waals surface area contributed by atoms with E-state index < -0.39 is 21.4 Å². The fourth-order valence-corrected chi connectivity index (χ4v) is 6.32. The van der Waals surface area contributed by atoms with Crippen molar-refractivity contribution >= 4 is 38.7 Å². The molecule has 1 aliphatic carbocycles. The molecule has 1 aliphatic heterocycles. The van der Waals surface area contributed by atoms with Gasteiger partial charge in [0.1, 0.15) is 21.5 Å². The molecule has 0 saturated heterocycles. The van der Waals surface area contributed by atoms with Gasteiger partial charge in [0.2, 0.25) is 0 Å². The number of rotatable bonds is 3. The first-order valence-electron chi connectivity index (χ1n) is 9.76. The van der Waals surface area contributed by atoms with E-state index in [0.717, 1.165) is 5.56 Å². The number of Topliss-reactive ketones (excluding diaryl/α,β-unsaturated/α-hetero) is 1. The third-order valence-electron chi connectivity index (χ3n) is 6.45. The number of nitrogen functional groups attached to an aromatic ring is 1. The van der Waals surface area contributed by atoms with Crippen molar-refractivity contribution in [1.82, 2.24) is 4.98 Å². The number of aromatic nitrogens is 1. The van der Waals surface area contributed by atoms with Crippen LogP contribution in [-0.2, 0) is 15.3 Å². The lowest BCUT2D eigenvalue weighted by atomic mass is 9.70. The Hall–Kier alpha value is -2.19. The van der Waals surface area contributed by atoms with Crippen LogP contribution in [0.3, 0.4) is 0 Å². The first-order chi connectivity index (χ1) is 14.0. The van der Waals surface area contributed by atoms with Gasteiger partial charge in [0.05, 0.1) is 15.8 Å². The number of nitrogens with one attached hydrogen (secondary N) is 1. The van der Waals surface area contributed by atoms with E-state index in [1.54, 1.807) is 0 Å². The highest BCUT2D eigenvalue weighted by atomic mass is 35.5. The van der Waals surface area contributed by atoms with Gasteiger partial charge in [-0.05, 0) is 44.7 Å². The molecule has 0 radical (unpaired) electrons. The third kappa shape index (κ3) is 3.26. The fourth-order valence-electron chi connectivity index (χ4n) is 4.79. The molecule has 1 aromatic carbocycles. The minimum Gasteiger partial charge on any atom is -0.398 e. The number of sulfone groups is 1. The van der Waals surface area contributed by atoms with Gasteiger partial charge < -0.3 is 11.1 Å². The number of hydrogen-bond acceptors (Lipinski definition) is 6. The summed E-state index contributed by atoms with van der Waals surface area (Å²) >= 11 is 6.80. The molecule has 1 spiro atoms. The van der Waals surface area contributed by atoms with E-state index in [4.69, 9.17) is 17.3 Å². The summed E-state index contributed by atoms with van der Waals surface area (Å²) < 4.78 is 39.1. The maximum Gasteiger partial charge on any atom is 0.164 e. The van der Waals surface area contributed by atoms with Crippen LogP contribution in [0.25, 0.3) is 11.1 Å². The van der Waals surface area contributed by atoms with E-state index >= 15 is 4.39 Å². The Balaban J connectivity index is 1.80. The standard InChI is InChI=1S/C21H23ClFN3O3S/c1-11(27)16-15(24)4-3-13(19(16)23)14-9-25-20-17(18(14)22)21(10-26-20)7-5-12(6-8-21)30(2,28)29/h3-4,9,12H,5-8,10,24H2,1-2H3,(H,25,26). The summed E-state index contributed by atoms with van der Waals surface area (Å²) in [5.41, 5.74) is 6.72. The molecule has 1 saturated carbocycles. The zero-order valence-electron chi connectivity index (χ0n) is 16.8. The van der Waals surface area contributed by atoms with Crippen molar-refractivity contribution in [2.45, 2.75) is 43.3 Å². The molecule has 2 aromatic rings. The second-order valence-corrected chi connectivity index (χ2v) is 11.0. The molecule has 4 rings (SSSR count). The molecular formula is C21H23ClFN3O3S. The lowest BCUT2D eigenvalue weighted by Gasteiger charge is -2.37. The zero-order chi connectivity index (χ0) is 21.8. The first kappa shape index (κ1) is 21.1. The number of fused-ring (bicyclic) bond motifs is 2. The summed E-state index contributed by atoms with van der Waals surface area (Å²) in [5.74, 6) is -0.537. The average molecular weight is 452 g/mol. The van der Waals surface area contributed by atoms with E-state index in [2.05, 4.69) is 10.3 Å². The van der Waals surface area contributed by atoms with Crippen molar-refractivity contribution in [2.75, 3.05) is 23.9 Å². The molecule has 0 bridgehead atoms. The number of carbonyl (C=O) groups excluding carboxylic acids is 1. The minimum absolute atomic E-state index is 0.0752. The van der Waals surface area contributed by atoms with Crippen molar-refractivity contribution in [3.63, 3.8) is 0 Å². The molecular weight excluding hydrogens is 429 g/mol. The van der Waals surface area contributed by atoms with Gasteiger partial charge in [-0.25, -0.2) is 17.8 Å². The number of pyridine rings is 1. The Morgan fingerprint density at radius 3 is 2.57 bits per heavy atom. The van der Waals surface area contributed by atoms with Gasteiger partial charge in [-0.3, -0.25) is 4.79 Å². The maximum atomic E-state index is 15.1. The van der Waals surface area contributed by atoms with Gasteiger partial charge in [0.25, 0.3) is 0 Å². The van der Waals surface area contributed by atoms with Crippen LogP contribution >= 0.6 is 11.6 Å². The Kier molecular flexibility index (Phi) is 5.05. The third-order valence-corrected chi connectivity index (χ3v) is 8.53. The minimum atomic E-state index is -3.10. The van der Waals surface area contributed by atoms with E-state index in [1.165, 1.54) is 31.5 Å². The van der Waals surface area contributed by atoms with Crippen LogP contribution < -0.4 is 11.1 Å². The topological polar surface area (TPSA) is 102 Å². The molecule has 3 N–H and O–H groups in total. The van der Waals surface area contributed by atoms with Crippen LogP contribution in [0.4, 0.5) is 15.9 Å². The molecule has 2 aliphatic rings. The smallest absolute Gasteiger partial charge is 0.164 e. The van der Waals surface area contributed by atoms with Crippen LogP contribution in [0.5, 0.6) is 0 Å². The van der Waals surface area contributed by atoms with Crippen LogP contribution in [0.15, 0.2) is 18.3 Å². The van der Waals surface area contributed by atoms with Gasteiger partial charge in [-0.15, -0.1) is 0 Å². The van der Waals surface area contributed by atoms with Crippen LogP contribution in [0.2, 0.25) is 5.02 Å². The van der Waals surface area contributed by atoms with Crippen molar-refractivity contribution < 1.29 is 17.6 Å². The van der Waals surface area contributed by atoms with Crippen molar-refractivity contribution in [3.8, 4) is 11.1 Å². The summed E-state index contributed by atoms with van der Waals surface area (Å²) in [6.45, 7) is 1.87. The van der Waals surface area contributed by atoms with E-state index in [0.29, 0.717) is 48.6 Å². The number of hydrogen-bond donors (Lipinski definition) is 2. The number of benzene rings is 1. The summed E-state index contributed by atoms with van der Waals surface area (Å²) in [4.78, 5) is 16.3. The number of nitrogens with two attached hydrogens (primary N) is 1. The molecule has 0 amide bonds. The molecule has 30 heavy (non-hydrogen) atoms. The second-order valence-electron chi connectivity index (χ2n) is 8.32. The molecule has 9 heteroatoms. The summed E-state index contributed by atoms with van der Waals surface area (Å²) in [6.07, 6.45) is 5.17. The number of carbonyl (C=O) groups is 1. The van der Waals surface area contributed by atoms with Crippen molar-refractivity contribution in [3.05, 3.63) is 40.3 Å². The molecule has 1 aromatic heterocycles. The number of anilines is 2. The van der Waals surface area contributed by atoms with Crippen molar-refractivity contribution in [2.24, 2.45) is 0 Å². The molecule has 6 nitrogen and oxygen atoms in total. The number of nitrogens with zero attached hydrogens (tertiary/aromatic N) is 1. The highest BCUT2D eigenvalue weighted by Crippen LogP contribution is 2.51. The normalized spacial score (nSPS) is 23.3. The predicted molar refractivity (Wildman–Crippen MR) is 116 cm³/mol. The fraction of sp³-hybridized carbons (Fsp3) is 0.429. The summed E-state index contributed by atoms with van der Waals surface area (Å²) in [6, 6.07) is 2.99. The molecule has 160 valence electrons. The molecule has 0 atom stereocenters. The summed E-state index contributed by atoms with van der Waals surface area (Å²) in [5, 5.41) is 3.30. The highest BCUT2D eigenvalue weighted by Gasteiger charge is 2.46. The Morgan fingerprint density at radius 1 is 1.30 bits per heavy atom. The quantitative estimate of drug-likeness (QED) is 0.540. The van der Waals surface area contributed by atoms with Crippen LogP contribution in [0.1, 0.15) is 48.5 Å². The Morgan fingerprint density at radius 2 is 1.97 bits per heavy atom. The van der Waals surface area contributed by atoms with Crippen LogP contribution in [-0.4, -0.2) is 37.2 Å². The Bertz CT molecular complexity index is 1160. The molecule has 2 heterocycles. The SMILES string of the molecule is CC(=O)c1c(N)ccc(-c2cnc3c(c2Cl)C2(CCC(S(C)(=O)=O)CC2)CN3)c1F. The highest BCUT2D eigenvalue weighted by molar-refractivity contribution is 7.91. The van der Waals surface area contributed by atoms with Crippen molar-refractivity contribution in [1.29, 1.82) is 0 Å². The monoisotopic (exact) mass is 451 g/mol. The van der Waals surface area contributed by atoms with Gasteiger partial charge in [-0.2, -0.15) is 0 Å².